The third kappa shape index (κ3) is 6.36. The van der Waals surface area contributed by atoms with Crippen LogP contribution < -0.4 is 9.47 Å². The number of alkyl halides is 2. The quantitative estimate of drug-likeness (QED) is 0.568. The lowest BCUT2D eigenvalue weighted by Gasteiger charge is -2.17. The molecule has 0 spiro atoms. The number of benzene rings is 2. The van der Waals surface area contributed by atoms with E-state index < -0.39 is 6.10 Å². The molecule has 2 atom stereocenters. The Morgan fingerprint density at radius 1 is 0.808 bits per heavy atom. The van der Waals surface area contributed by atoms with E-state index in [1.807, 2.05) is 48.5 Å². The van der Waals surface area contributed by atoms with Crippen molar-refractivity contribution in [1.82, 2.24) is 0 Å². The Hall–Kier alpha value is -1.46. The highest BCUT2D eigenvalue weighted by atomic mass is 35.5. The average Bonchev–Trinajstić information content (AvgIpc) is 2.69. The number of hydrogen-bond donors (Lipinski definition) is 2. The summed E-state index contributed by atoms with van der Waals surface area (Å²) in [6, 6.07) is 15.4. The topological polar surface area (TPSA) is 58.9 Å². The van der Waals surface area contributed by atoms with Gasteiger partial charge in [-0.2, -0.15) is 0 Å². The zero-order chi connectivity index (χ0) is 18.8. The first-order valence-corrected chi connectivity index (χ1v) is 9.57. The summed E-state index contributed by atoms with van der Waals surface area (Å²) in [5.74, 6) is 1.84. The molecule has 0 heterocycles. The van der Waals surface area contributed by atoms with E-state index in [1.54, 1.807) is 0 Å². The molecule has 0 saturated carbocycles. The zero-order valence-electron chi connectivity index (χ0n) is 14.5. The molecule has 2 rings (SSSR count). The maximum atomic E-state index is 9.60. The van der Waals surface area contributed by atoms with Gasteiger partial charge in [-0.15, -0.1) is 23.2 Å². The summed E-state index contributed by atoms with van der Waals surface area (Å²) < 4.78 is 11.6. The minimum Gasteiger partial charge on any atom is -0.493 e. The minimum absolute atomic E-state index is 0.00869. The summed E-state index contributed by atoms with van der Waals surface area (Å²) in [4.78, 5) is 0. The highest BCUT2D eigenvalue weighted by Gasteiger charge is 2.12. The second kappa shape index (κ2) is 11.3. The van der Waals surface area contributed by atoms with E-state index in [1.165, 1.54) is 0 Å². The lowest BCUT2D eigenvalue weighted by Crippen LogP contribution is -2.19. The standard InChI is InChI=1S/C20H24Cl2O4/c21-10-15(12-23)13-25-19-7-3-1-5-16(19)9-17-6-2-4-8-20(17)26-14-18(24)11-22/h1-8,15,18,23-24H,9-14H2. The van der Waals surface area contributed by atoms with Crippen LogP contribution >= 0.6 is 23.2 Å². The number of aliphatic hydroxyl groups is 2. The predicted molar refractivity (Wildman–Crippen MR) is 105 cm³/mol. The molecule has 0 bridgehead atoms. The molecule has 0 amide bonds. The van der Waals surface area contributed by atoms with E-state index in [0.29, 0.717) is 24.7 Å². The zero-order valence-corrected chi connectivity index (χ0v) is 16.0. The number of para-hydroxylation sites is 2. The molecular formula is C20H24Cl2O4. The number of hydrogen-bond acceptors (Lipinski definition) is 4. The normalized spacial score (nSPS) is 13.2. The van der Waals surface area contributed by atoms with Crippen LogP contribution in [0.5, 0.6) is 11.5 Å². The Balaban J connectivity index is 2.11. The van der Waals surface area contributed by atoms with Crippen molar-refractivity contribution in [1.29, 1.82) is 0 Å². The summed E-state index contributed by atoms with van der Waals surface area (Å²) in [7, 11) is 0. The largest absolute Gasteiger partial charge is 0.493 e. The monoisotopic (exact) mass is 398 g/mol. The Morgan fingerprint density at radius 2 is 1.35 bits per heavy atom. The molecular weight excluding hydrogens is 375 g/mol. The van der Waals surface area contributed by atoms with Gasteiger partial charge in [-0.25, -0.2) is 0 Å². The summed E-state index contributed by atoms with van der Waals surface area (Å²) in [5.41, 5.74) is 1.99. The highest BCUT2D eigenvalue weighted by Crippen LogP contribution is 2.27. The first-order valence-electron chi connectivity index (χ1n) is 8.50. The SMILES string of the molecule is OCC(CCl)COc1ccccc1Cc1ccccc1OCC(O)CCl. The van der Waals surface area contributed by atoms with Crippen molar-refractivity contribution in [2.24, 2.45) is 5.92 Å². The summed E-state index contributed by atoms with van der Waals surface area (Å²) in [5, 5.41) is 18.9. The fourth-order valence-electron chi connectivity index (χ4n) is 2.37. The molecule has 142 valence electrons. The molecule has 2 aromatic rings. The molecule has 0 aliphatic carbocycles. The second-order valence-corrected chi connectivity index (χ2v) is 6.64. The van der Waals surface area contributed by atoms with Crippen molar-refractivity contribution in [3.63, 3.8) is 0 Å². The molecule has 0 aliphatic heterocycles. The van der Waals surface area contributed by atoms with E-state index >= 15 is 0 Å². The molecule has 4 nitrogen and oxygen atoms in total. The molecule has 2 N–H and O–H groups in total. The van der Waals surface area contributed by atoms with E-state index in [4.69, 9.17) is 32.7 Å². The van der Waals surface area contributed by atoms with Crippen molar-refractivity contribution in [2.75, 3.05) is 31.6 Å². The van der Waals surface area contributed by atoms with Gasteiger partial charge in [-0.3, -0.25) is 0 Å². The molecule has 0 aromatic heterocycles. The van der Waals surface area contributed by atoms with Crippen LogP contribution in [0.25, 0.3) is 0 Å². The number of halogens is 2. The van der Waals surface area contributed by atoms with Gasteiger partial charge in [0, 0.05) is 18.2 Å². The fourth-order valence-corrected chi connectivity index (χ4v) is 2.65. The Kier molecular flexibility index (Phi) is 9.06. The van der Waals surface area contributed by atoms with Gasteiger partial charge in [0.15, 0.2) is 0 Å². The van der Waals surface area contributed by atoms with Gasteiger partial charge in [0.1, 0.15) is 24.2 Å². The maximum Gasteiger partial charge on any atom is 0.122 e. The van der Waals surface area contributed by atoms with E-state index in [0.717, 1.165) is 16.9 Å². The molecule has 6 heteroatoms. The lowest BCUT2D eigenvalue weighted by molar-refractivity contribution is 0.125. The summed E-state index contributed by atoms with van der Waals surface area (Å²) in [6.07, 6.45) is -0.0835. The third-order valence-electron chi connectivity index (χ3n) is 3.89. The van der Waals surface area contributed by atoms with Crippen molar-refractivity contribution < 1.29 is 19.7 Å². The molecule has 0 fully saturated rings. The lowest BCUT2D eigenvalue weighted by atomic mass is 10.0. The number of rotatable bonds is 11. The van der Waals surface area contributed by atoms with Crippen LogP contribution in [0.2, 0.25) is 0 Å². The van der Waals surface area contributed by atoms with E-state index in [2.05, 4.69) is 0 Å². The van der Waals surface area contributed by atoms with Crippen LogP contribution in [-0.4, -0.2) is 47.9 Å². The Morgan fingerprint density at radius 3 is 1.85 bits per heavy atom. The van der Waals surface area contributed by atoms with Crippen LogP contribution in [0, 0.1) is 5.92 Å². The van der Waals surface area contributed by atoms with Crippen molar-refractivity contribution in [3.05, 3.63) is 59.7 Å². The molecule has 2 aromatic carbocycles. The first-order chi connectivity index (χ1) is 12.7. The summed E-state index contributed by atoms with van der Waals surface area (Å²) in [6.45, 7) is 0.495. The number of ether oxygens (including phenoxy) is 2. The molecule has 26 heavy (non-hydrogen) atoms. The van der Waals surface area contributed by atoms with Crippen LogP contribution in [0.1, 0.15) is 11.1 Å². The number of aliphatic hydroxyl groups excluding tert-OH is 2. The van der Waals surface area contributed by atoms with Gasteiger partial charge in [0.2, 0.25) is 0 Å². The van der Waals surface area contributed by atoms with Crippen molar-refractivity contribution in [3.8, 4) is 11.5 Å². The molecule has 0 radical (unpaired) electrons. The summed E-state index contributed by atoms with van der Waals surface area (Å²) >= 11 is 11.4. The smallest absolute Gasteiger partial charge is 0.122 e. The van der Waals surface area contributed by atoms with Crippen LogP contribution in [0.4, 0.5) is 0 Å². The Bertz CT molecular complexity index is 662. The van der Waals surface area contributed by atoms with Gasteiger partial charge < -0.3 is 19.7 Å². The van der Waals surface area contributed by atoms with Crippen LogP contribution in [0.15, 0.2) is 48.5 Å². The van der Waals surface area contributed by atoms with E-state index in [9.17, 15) is 10.2 Å². The molecule has 2 unspecified atom stereocenters. The van der Waals surface area contributed by atoms with Crippen LogP contribution in [0.3, 0.4) is 0 Å². The van der Waals surface area contributed by atoms with E-state index in [-0.39, 0.29) is 25.0 Å². The fraction of sp³-hybridized carbons (Fsp3) is 0.400. The Labute approximate surface area is 164 Å². The predicted octanol–water partition coefficient (Wildman–Crippen LogP) is 3.48. The highest BCUT2D eigenvalue weighted by molar-refractivity contribution is 6.18. The third-order valence-corrected chi connectivity index (χ3v) is 4.68. The van der Waals surface area contributed by atoms with Gasteiger partial charge >= 0.3 is 0 Å². The van der Waals surface area contributed by atoms with Crippen molar-refractivity contribution in [2.45, 2.75) is 12.5 Å². The van der Waals surface area contributed by atoms with Gasteiger partial charge in [-0.05, 0) is 23.3 Å². The van der Waals surface area contributed by atoms with Crippen molar-refractivity contribution >= 4 is 23.2 Å². The molecule has 0 saturated heterocycles. The van der Waals surface area contributed by atoms with Crippen LogP contribution in [-0.2, 0) is 6.42 Å². The average molecular weight is 399 g/mol. The molecule has 0 aliphatic rings. The van der Waals surface area contributed by atoms with Gasteiger partial charge in [-0.1, -0.05) is 36.4 Å². The first kappa shape index (κ1) is 20.8. The van der Waals surface area contributed by atoms with Gasteiger partial charge in [0.25, 0.3) is 0 Å². The minimum atomic E-state index is -0.702. The maximum absolute atomic E-state index is 9.60. The van der Waals surface area contributed by atoms with Gasteiger partial charge in [0.05, 0.1) is 19.1 Å². The second-order valence-electron chi connectivity index (χ2n) is 6.03.